The van der Waals surface area contributed by atoms with Crippen LogP contribution in [0.5, 0.6) is 0 Å². The van der Waals surface area contributed by atoms with Crippen LogP contribution in [-0.4, -0.2) is 39.6 Å². The minimum Gasteiger partial charge on any atom is -0.305 e. The molecule has 0 rings (SSSR count). The molecule has 0 unspecified atom stereocenters. The van der Waals surface area contributed by atoms with Crippen LogP contribution in [0, 0.1) is 0 Å². The van der Waals surface area contributed by atoms with Crippen LogP contribution in [0.25, 0.3) is 0 Å². The van der Waals surface area contributed by atoms with Crippen LogP contribution in [0.3, 0.4) is 0 Å². The number of rotatable bonds is 4. The average Bonchev–Trinajstić information content (AvgIpc) is 2.12. The molecule has 0 radical (unpaired) electrons. The van der Waals surface area contributed by atoms with E-state index < -0.39 is 23.7 Å². The molecule has 0 aliphatic rings. The van der Waals surface area contributed by atoms with Gasteiger partial charge in [-0.1, -0.05) is 3.89 Å². The topological polar surface area (TPSA) is 90.0 Å². The van der Waals surface area contributed by atoms with E-state index in [9.17, 15) is 21.7 Å². The summed E-state index contributed by atoms with van der Waals surface area (Å²) in [4.78, 5) is 11.1. The number of carbonyl (C=O) groups is 1. The Morgan fingerprint density at radius 1 is 1.36 bits per heavy atom. The summed E-state index contributed by atoms with van der Waals surface area (Å²) in [7, 11) is -7.16. The van der Waals surface area contributed by atoms with E-state index >= 15 is 0 Å². The van der Waals surface area contributed by atoms with Gasteiger partial charge in [-0.15, -0.1) is 0 Å². The molecular formula is C4H9FNO6PS. The van der Waals surface area contributed by atoms with Gasteiger partial charge in [0, 0.05) is 21.3 Å². The number of hydrogen-bond acceptors (Lipinski definition) is 6. The molecule has 0 spiro atoms. The standard InChI is InChI=1S/C4H9FNO6PS/c1-6(14(5,9)10)4(7)13(8,11-2)12-3/h1-3H3. The summed E-state index contributed by atoms with van der Waals surface area (Å²) < 4.78 is 52.1. The Balaban J connectivity index is 5.07. The summed E-state index contributed by atoms with van der Waals surface area (Å²) in [5.74, 6) is 0. The molecule has 1 amide bonds. The maximum absolute atomic E-state index is 12.3. The third-order valence-corrected chi connectivity index (χ3v) is 4.00. The van der Waals surface area contributed by atoms with E-state index in [0.717, 1.165) is 14.2 Å². The van der Waals surface area contributed by atoms with E-state index in [4.69, 9.17) is 0 Å². The largest absolute Gasteiger partial charge is 0.418 e. The fourth-order valence-electron chi connectivity index (χ4n) is 0.496. The van der Waals surface area contributed by atoms with E-state index in [2.05, 4.69) is 9.05 Å². The zero-order valence-corrected chi connectivity index (χ0v) is 9.34. The average molecular weight is 249 g/mol. The van der Waals surface area contributed by atoms with Gasteiger partial charge in [-0.25, -0.2) is 8.87 Å². The number of amides is 1. The second kappa shape index (κ2) is 4.35. The van der Waals surface area contributed by atoms with Gasteiger partial charge in [0.05, 0.1) is 0 Å². The minimum atomic E-state index is -5.25. The van der Waals surface area contributed by atoms with Crippen molar-refractivity contribution < 1.29 is 30.7 Å². The molecule has 0 aromatic rings. The van der Waals surface area contributed by atoms with Crippen molar-refractivity contribution in [3.63, 3.8) is 0 Å². The lowest BCUT2D eigenvalue weighted by molar-refractivity contribution is 0.223. The van der Waals surface area contributed by atoms with Crippen molar-refractivity contribution in [2.45, 2.75) is 0 Å². The smallest absolute Gasteiger partial charge is 0.305 e. The third-order valence-electron chi connectivity index (χ3n) is 1.31. The molecule has 0 atom stereocenters. The second-order valence-corrected chi connectivity index (χ2v) is 5.53. The van der Waals surface area contributed by atoms with Gasteiger partial charge in [0.1, 0.15) is 0 Å². The predicted molar refractivity (Wildman–Crippen MR) is 44.8 cm³/mol. The van der Waals surface area contributed by atoms with Crippen LogP contribution < -0.4 is 0 Å². The number of carbonyl (C=O) groups excluding carboxylic acids is 1. The molecule has 0 saturated carbocycles. The minimum absolute atomic E-state index is 0.346. The Bertz CT molecular complexity index is 358. The lowest BCUT2D eigenvalue weighted by Gasteiger charge is -2.16. The zero-order chi connectivity index (χ0) is 11.6. The quantitative estimate of drug-likeness (QED) is 0.539. The van der Waals surface area contributed by atoms with E-state index in [1.807, 2.05) is 0 Å². The van der Waals surface area contributed by atoms with Gasteiger partial charge < -0.3 is 9.05 Å². The number of nitrogens with zero attached hydrogens (tertiary/aromatic N) is 1. The van der Waals surface area contributed by atoms with Gasteiger partial charge >= 0.3 is 23.7 Å². The summed E-state index contributed by atoms with van der Waals surface area (Å²) in [6, 6.07) is 0. The molecule has 0 saturated heterocycles. The fraction of sp³-hybridized carbons (Fsp3) is 0.750. The molecule has 14 heavy (non-hydrogen) atoms. The zero-order valence-electron chi connectivity index (χ0n) is 7.63. The first kappa shape index (κ1) is 13.5. The SMILES string of the molecule is COP(=O)(OC)C(=O)N(C)S(=O)(=O)F. The lowest BCUT2D eigenvalue weighted by Crippen LogP contribution is -2.29. The highest BCUT2D eigenvalue weighted by Gasteiger charge is 2.40. The van der Waals surface area contributed by atoms with Gasteiger partial charge in [0.25, 0.3) is 0 Å². The van der Waals surface area contributed by atoms with Gasteiger partial charge in [0.15, 0.2) is 0 Å². The lowest BCUT2D eigenvalue weighted by atomic mass is 11.2. The molecule has 0 aromatic carbocycles. The molecule has 0 fully saturated rings. The third kappa shape index (κ3) is 2.74. The molecule has 0 N–H and O–H groups in total. The van der Waals surface area contributed by atoms with Crippen molar-refractivity contribution in [3.05, 3.63) is 0 Å². The van der Waals surface area contributed by atoms with Gasteiger partial charge in [-0.3, -0.25) is 4.79 Å². The Labute approximate surface area is 80.7 Å². The van der Waals surface area contributed by atoms with Crippen molar-refractivity contribution >= 4 is 23.7 Å². The Morgan fingerprint density at radius 3 is 1.93 bits per heavy atom. The molecule has 0 aliphatic carbocycles. The van der Waals surface area contributed by atoms with E-state index in [1.54, 1.807) is 0 Å². The Morgan fingerprint density at radius 2 is 1.71 bits per heavy atom. The molecule has 0 heterocycles. The van der Waals surface area contributed by atoms with Crippen molar-refractivity contribution in [3.8, 4) is 0 Å². The van der Waals surface area contributed by atoms with Crippen LogP contribution >= 0.6 is 7.60 Å². The number of hydrogen-bond donors (Lipinski definition) is 0. The van der Waals surface area contributed by atoms with Crippen molar-refractivity contribution in [2.24, 2.45) is 0 Å². The van der Waals surface area contributed by atoms with Crippen LogP contribution in [0.4, 0.5) is 8.68 Å². The van der Waals surface area contributed by atoms with Gasteiger partial charge in [-0.2, -0.15) is 8.42 Å². The summed E-state index contributed by atoms with van der Waals surface area (Å²) in [5, 5.41) is 0. The van der Waals surface area contributed by atoms with Gasteiger partial charge in [-0.05, 0) is 0 Å². The summed E-state index contributed by atoms with van der Waals surface area (Å²) >= 11 is 0. The highest BCUT2D eigenvalue weighted by Crippen LogP contribution is 2.49. The van der Waals surface area contributed by atoms with Crippen molar-refractivity contribution in [1.82, 2.24) is 4.31 Å². The van der Waals surface area contributed by atoms with Crippen LogP contribution in [0.2, 0.25) is 0 Å². The first-order valence-electron chi connectivity index (χ1n) is 3.13. The molecule has 0 bridgehead atoms. The van der Waals surface area contributed by atoms with Crippen LogP contribution in [0.1, 0.15) is 0 Å². The molecule has 7 nitrogen and oxygen atoms in total. The molecule has 0 aromatic heterocycles. The molecule has 84 valence electrons. The molecular weight excluding hydrogens is 240 g/mol. The Kier molecular flexibility index (Phi) is 4.19. The van der Waals surface area contributed by atoms with Gasteiger partial charge in [0.2, 0.25) is 0 Å². The van der Waals surface area contributed by atoms with Crippen molar-refractivity contribution in [2.75, 3.05) is 21.3 Å². The second-order valence-electron chi connectivity index (χ2n) is 2.05. The highest BCUT2D eigenvalue weighted by atomic mass is 32.3. The van der Waals surface area contributed by atoms with E-state index in [-0.39, 0.29) is 4.31 Å². The highest BCUT2D eigenvalue weighted by molar-refractivity contribution is 7.86. The van der Waals surface area contributed by atoms with Crippen molar-refractivity contribution in [1.29, 1.82) is 0 Å². The molecule has 10 heteroatoms. The first-order valence-corrected chi connectivity index (χ1v) is 6.02. The summed E-state index contributed by atoms with van der Waals surface area (Å²) in [6.45, 7) is 0. The first-order chi connectivity index (χ1) is 6.19. The van der Waals surface area contributed by atoms with Crippen LogP contribution in [0.15, 0.2) is 0 Å². The van der Waals surface area contributed by atoms with E-state index in [0.29, 0.717) is 7.05 Å². The normalized spacial score (nSPS) is 12.6. The van der Waals surface area contributed by atoms with Crippen LogP contribution in [-0.2, 0) is 24.0 Å². The number of halogens is 1. The summed E-state index contributed by atoms with van der Waals surface area (Å²) in [6.07, 6.45) is 0. The maximum atomic E-state index is 12.3. The maximum Gasteiger partial charge on any atom is 0.418 e. The Hall–Kier alpha value is -0.500. The summed E-state index contributed by atoms with van der Waals surface area (Å²) in [5.41, 5.74) is -1.59. The van der Waals surface area contributed by atoms with E-state index in [1.165, 1.54) is 0 Å². The predicted octanol–water partition coefficient (Wildman–Crippen LogP) is 0.738. The molecule has 0 aliphatic heterocycles. The monoisotopic (exact) mass is 249 g/mol. The fourth-order valence-corrected chi connectivity index (χ4v) is 2.08.